The Labute approximate surface area is 149 Å². The van der Waals surface area contributed by atoms with Crippen molar-refractivity contribution in [3.05, 3.63) is 33.6 Å². The summed E-state index contributed by atoms with van der Waals surface area (Å²) in [5, 5.41) is 10.5. The quantitative estimate of drug-likeness (QED) is 0.835. The van der Waals surface area contributed by atoms with E-state index in [2.05, 4.69) is 58.7 Å². The molecule has 1 atom stereocenters. The second-order valence-corrected chi connectivity index (χ2v) is 7.79. The van der Waals surface area contributed by atoms with Crippen molar-refractivity contribution in [1.29, 1.82) is 0 Å². The van der Waals surface area contributed by atoms with E-state index in [4.69, 9.17) is 0 Å². The standard InChI is InChI=1S/C18H29N5S/c1-14-15(18(21(2)3)22(4)20-14)12-19-13-16(17-8-7-11-24-17)23-9-5-6-10-23/h7-8,11,16,19H,5-6,9-10,12-13H2,1-4H3. The number of aromatic nitrogens is 2. The van der Waals surface area contributed by atoms with Gasteiger partial charge in [-0.05, 0) is 44.3 Å². The molecule has 3 rings (SSSR count). The minimum Gasteiger partial charge on any atom is -0.363 e. The molecule has 24 heavy (non-hydrogen) atoms. The largest absolute Gasteiger partial charge is 0.363 e. The van der Waals surface area contributed by atoms with Crippen LogP contribution in [0, 0.1) is 6.92 Å². The van der Waals surface area contributed by atoms with Crippen LogP contribution in [0.15, 0.2) is 17.5 Å². The van der Waals surface area contributed by atoms with E-state index in [1.807, 2.05) is 23.1 Å². The SMILES string of the molecule is Cc1nn(C)c(N(C)C)c1CNCC(c1cccs1)N1CCCC1. The Morgan fingerprint density at radius 3 is 2.71 bits per heavy atom. The van der Waals surface area contributed by atoms with Gasteiger partial charge in [0.15, 0.2) is 0 Å². The number of aryl methyl sites for hydroxylation is 2. The van der Waals surface area contributed by atoms with Crippen LogP contribution in [0.3, 0.4) is 0 Å². The average Bonchev–Trinajstić information content (AvgIpc) is 3.25. The average molecular weight is 348 g/mol. The highest BCUT2D eigenvalue weighted by Crippen LogP contribution is 2.28. The van der Waals surface area contributed by atoms with Gasteiger partial charge in [-0.1, -0.05) is 6.07 Å². The van der Waals surface area contributed by atoms with Gasteiger partial charge >= 0.3 is 0 Å². The first kappa shape index (κ1) is 17.5. The van der Waals surface area contributed by atoms with Gasteiger partial charge in [0.1, 0.15) is 5.82 Å². The first-order chi connectivity index (χ1) is 11.6. The summed E-state index contributed by atoms with van der Waals surface area (Å²) in [6.45, 7) is 6.39. The maximum absolute atomic E-state index is 4.58. The fourth-order valence-electron chi connectivity index (χ4n) is 3.73. The topological polar surface area (TPSA) is 36.3 Å². The van der Waals surface area contributed by atoms with Crippen molar-refractivity contribution in [1.82, 2.24) is 20.0 Å². The van der Waals surface area contributed by atoms with Gasteiger partial charge in [0.25, 0.3) is 0 Å². The summed E-state index contributed by atoms with van der Waals surface area (Å²) < 4.78 is 1.98. The van der Waals surface area contributed by atoms with Gasteiger partial charge in [0.05, 0.1) is 11.7 Å². The van der Waals surface area contributed by atoms with E-state index in [1.54, 1.807) is 0 Å². The van der Waals surface area contributed by atoms with Gasteiger partial charge in [0.2, 0.25) is 0 Å². The Morgan fingerprint density at radius 1 is 1.33 bits per heavy atom. The van der Waals surface area contributed by atoms with Crippen molar-refractivity contribution in [2.75, 3.05) is 38.6 Å². The molecule has 2 aromatic heterocycles. The van der Waals surface area contributed by atoms with Crippen LogP contribution in [0.5, 0.6) is 0 Å². The minimum atomic E-state index is 0.493. The summed E-state index contributed by atoms with van der Waals surface area (Å²) in [5.41, 5.74) is 2.41. The second-order valence-electron chi connectivity index (χ2n) is 6.81. The van der Waals surface area contributed by atoms with Gasteiger partial charge in [0, 0.05) is 44.7 Å². The fourth-order valence-corrected chi connectivity index (χ4v) is 4.59. The van der Waals surface area contributed by atoms with Gasteiger partial charge < -0.3 is 10.2 Å². The maximum atomic E-state index is 4.58. The minimum absolute atomic E-state index is 0.493. The normalized spacial score (nSPS) is 16.7. The summed E-state index contributed by atoms with van der Waals surface area (Å²) in [7, 11) is 6.18. The van der Waals surface area contributed by atoms with Crippen molar-refractivity contribution < 1.29 is 0 Å². The van der Waals surface area contributed by atoms with E-state index in [0.717, 1.165) is 18.8 Å². The van der Waals surface area contributed by atoms with Crippen LogP contribution in [0.1, 0.15) is 35.0 Å². The summed E-state index contributed by atoms with van der Waals surface area (Å²) in [6.07, 6.45) is 2.66. The summed E-state index contributed by atoms with van der Waals surface area (Å²) >= 11 is 1.87. The predicted octanol–water partition coefficient (Wildman–Crippen LogP) is 2.78. The molecule has 6 heteroatoms. The number of anilines is 1. The second kappa shape index (κ2) is 7.68. The van der Waals surface area contributed by atoms with Crippen molar-refractivity contribution in [2.24, 2.45) is 7.05 Å². The molecule has 0 saturated carbocycles. The molecule has 3 heterocycles. The van der Waals surface area contributed by atoms with Gasteiger partial charge in [-0.3, -0.25) is 9.58 Å². The molecule has 1 fully saturated rings. The number of thiophene rings is 1. The fraction of sp³-hybridized carbons (Fsp3) is 0.611. The van der Waals surface area contributed by atoms with Crippen molar-refractivity contribution in [2.45, 2.75) is 32.4 Å². The summed E-state index contributed by atoms with van der Waals surface area (Å²) in [5.74, 6) is 1.19. The number of rotatable bonds is 7. The molecular formula is C18H29N5S. The van der Waals surface area contributed by atoms with Crippen LogP contribution in [-0.2, 0) is 13.6 Å². The third kappa shape index (κ3) is 3.66. The molecular weight excluding hydrogens is 318 g/mol. The smallest absolute Gasteiger partial charge is 0.130 e. The highest BCUT2D eigenvalue weighted by molar-refractivity contribution is 7.10. The lowest BCUT2D eigenvalue weighted by Crippen LogP contribution is -2.33. The van der Waals surface area contributed by atoms with Crippen LogP contribution in [0.2, 0.25) is 0 Å². The molecule has 5 nitrogen and oxygen atoms in total. The van der Waals surface area contributed by atoms with E-state index in [0.29, 0.717) is 6.04 Å². The first-order valence-corrected chi connectivity index (χ1v) is 9.64. The Morgan fingerprint density at radius 2 is 2.08 bits per heavy atom. The molecule has 2 aromatic rings. The summed E-state index contributed by atoms with van der Waals surface area (Å²) in [6, 6.07) is 4.93. The molecule has 0 aliphatic carbocycles. The van der Waals surface area contributed by atoms with Crippen LogP contribution < -0.4 is 10.2 Å². The van der Waals surface area contributed by atoms with Crippen molar-refractivity contribution >= 4 is 17.2 Å². The molecule has 0 amide bonds. The Bertz CT molecular complexity index is 641. The van der Waals surface area contributed by atoms with Crippen LogP contribution in [0.4, 0.5) is 5.82 Å². The van der Waals surface area contributed by atoms with Crippen LogP contribution in [0.25, 0.3) is 0 Å². The van der Waals surface area contributed by atoms with Crippen LogP contribution in [-0.4, -0.2) is 48.4 Å². The number of hydrogen-bond acceptors (Lipinski definition) is 5. The molecule has 1 N–H and O–H groups in total. The highest BCUT2D eigenvalue weighted by Gasteiger charge is 2.24. The first-order valence-electron chi connectivity index (χ1n) is 8.76. The maximum Gasteiger partial charge on any atom is 0.130 e. The van der Waals surface area contributed by atoms with Gasteiger partial charge in [-0.25, -0.2) is 0 Å². The Kier molecular flexibility index (Phi) is 5.58. The lowest BCUT2D eigenvalue weighted by Gasteiger charge is -2.27. The third-order valence-corrected chi connectivity index (χ3v) is 5.80. The third-order valence-electron chi connectivity index (χ3n) is 4.83. The molecule has 0 radical (unpaired) electrons. The zero-order valence-corrected chi connectivity index (χ0v) is 16.1. The van der Waals surface area contributed by atoms with E-state index < -0.39 is 0 Å². The van der Waals surface area contributed by atoms with E-state index in [9.17, 15) is 0 Å². The molecule has 1 unspecified atom stereocenters. The molecule has 1 saturated heterocycles. The zero-order valence-electron chi connectivity index (χ0n) is 15.2. The van der Waals surface area contributed by atoms with Crippen molar-refractivity contribution in [3.8, 4) is 0 Å². The molecule has 1 aliphatic heterocycles. The van der Waals surface area contributed by atoms with E-state index in [-0.39, 0.29) is 0 Å². The summed E-state index contributed by atoms with van der Waals surface area (Å²) in [4.78, 5) is 6.25. The Hall–Kier alpha value is -1.37. The van der Waals surface area contributed by atoms with Crippen molar-refractivity contribution in [3.63, 3.8) is 0 Å². The lowest BCUT2D eigenvalue weighted by molar-refractivity contribution is 0.242. The molecule has 1 aliphatic rings. The molecule has 0 spiro atoms. The van der Waals surface area contributed by atoms with Gasteiger partial charge in [-0.2, -0.15) is 5.10 Å². The number of hydrogen-bond donors (Lipinski definition) is 1. The van der Waals surface area contributed by atoms with E-state index >= 15 is 0 Å². The zero-order chi connectivity index (χ0) is 17.1. The number of likely N-dealkylation sites (tertiary alicyclic amines) is 1. The number of nitrogens with zero attached hydrogens (tertiary/aromatic N) is 4. The van der Waals surface area contributed by atoms with Gasteiger partial charge in [-0.15, -0.1) is 11.3 Å². The number of nitrogens with one attached hydrogen (secondary N) is 1. The van der Waals surface area contributed by atoms with Crippen LogP contribution >= 0.6 is 11.3 Å². The monoisotopic (exact) mass is 347 g/mol. The Balaban J connectivity index is 1.68. The molecule has 132 valence electrons. The highest BCUT2D eigenvalue weighted by atomic mass is 32.1. The molecule has 0 aromatic carbocycles. The molecule has 0 bridgehead atoms. The lowest BCUT2D eigenvalue weighted by atomic mass is 10.2. The predicted molar refractivity (Wildman–Crippen MR) is 102 cm³/mol. The van der Waals surface area contributed by atoms with E-state index in [1.165, 1.54) is 42.2 Å².